The van der Waals surface area contributed by atoms with Crippen LogP contribution in [0.1, 0.15) is 24.2 Å². The highest BCUT2D eigenvalue weighted by atomic mass is 16.2. The van der Waals surface area contributed by atoms with Crippen LogP contribution < -0.4 is 5.32 Å². The first kappa shape index (κ1) is 13.1. The van der Waals surface area contributed by atoms with Gasteiger partial charge in [-0.1, -0.05) is 12.1 Å². The number of amides is 1. The second-order valence-electron chi connectivity index (χ2n) is 5.55. The van der Waals surface area contributed by atoms with Gasteiger partial charge in [0.2, 0.25) is 0 Å². The molecule has 2 atom stereocenters. The maximum absolute atomic E-state index is 12.8. The van der Waals surface area contributed by atoms with Gasteiger partial charge in [-0.25, -0.2) is 0 Å². The number of carbonyl (C=O) groups is 1. The van der Waals surface area contributed by atoms with Gasteiger partial charge < -0.3 is 10.2 Å². The van der Waals surface area contributed by atoms with Crippen LogP contribution in [0.25, 0.3) is 10.9 Å². The molecule has 1 saturated heterocycles. The Labute approximate surface area is 118 Å². The molecule has 1 amide bonds. The third kappa shape index (κ3) is 2.39. The minimum atomic E-state index is 0.101. The van der Waals surface area contributed by atoms with E-state index in [-0.39, 0.29) is 5.91 Å². The molecule has 1 fully saturated rings. The van der Waals surface area contributed by atoms with Crippen LogP contribution in [0.3, 0.4) is 0 Å². The molecule has 0 spiro atoms. The largest absolute Gasteiger partial charge is 0.336 e. The van der Waals surface area contributed by atoms with Crippen LogP contribution in [0.5, 0.6) is 0 Å². The predicted molar refractivity (Wildman–Crippen MR) is 79.7 cm³/mol. The zero-order chi connectivity index (χ0) is 14.1. The Morgan fingerprint density at radius 3 is 2.70 bits per heavy atom. The SMILES string of the molecule is C[C@H]1CN(C(=O)c2cccc3ncccc23)C[C@H](C)N1. The van der Waals surface area contributed by atoms with Gasteiger partial charge in [-0.05, 0) is 32.0 Å². The summed E-state index contributed by atoms with van der Waals surface area (Å²) in [6.07, 6.45) is 1.76. The van der Waals surface area contributed by atoms with Crippen molar-refractivity contribution in [1.29, 1.82) is 0 Å². The van der Waals surface area contributed by atoms with Crippen molar-refractivity contribution in [2.45, 2.75) is 25.9 Å². The minimum Gasteiger partial charge on any atom is -0.336 e. The van der Waals surface area contributed by atoms with E-state index in [2.05, 4.69) is 24.1 Å². The normalized spacial score (nSPS) is 23.0. The molecule has 2 aromatic rings. The maximum atomic E-state index is 12.8. The number of rotatable bonds is 1. The highest BCUT2D eigenvalue weighted by Gasteiger charge is 2.26. The number of hydrogen-bond acceptors (Lipinski definition) is 3. The third-order valence-electron chi connectivity index (χ3n) is 3.72. The van der Waals surface area contributed by atoms with Gasteiger partial charge in [0, 0.05) is 42.3 Å². The molecule has 0 saturated carbocycles. The Balaban J connectivity index is 1.96. The molecular formula is C16H19N3O. The van der Waals surface area contributed by atoms with Crippen molar-refractivity contribution in [3.63, 3.8) is 0 Å². The molecule has 4 nitrogen and oxygen atoms in total. The maximum Gasteiger partial charge on any atom is 0.254 e. The van der Waals surface area contributed by atoms with Crippen molar-refractivity contribution in [1.82, 2.24) is 15.2 Å². The van der Waals surface area contributed by atoms with Crippen molar-refractivity contribution in [2.75, 3.05) is 13.1 Å². The van der Waals surface area contributed by atoms with E-state index in [9.17, 15) is 4.79 Å². The predicted octanol–water partition coefficient (Wildman–Crippen LogP) is 2.06. The zero-order valence-corrected chi connectivity index (χ0v) is 11.8. The monoisotopic (exact) mass is 269 g/mol. The van der Waals surface area contributed by atoms with Crippen molar-refractivity contribution < 1.29 is 4.79 Å². The average molecular weight is 269 g/mol. The molecule has 3 rings (SSSR count). The van der Waals surface area contributed by atoms with E-state index in [0.717, 1.165) is 29.6 Å². The van der Waals surface area contributed by atoms with Gasteiger partial charge in [-0.2, -0.15) is 0 Å². The van der Waals surface area contributed by atoms with Crippen LogP contribution in [0.2, 0.25) is 0 Å². The Bertz CT molecular complexity index is 625. The summed E-state index contributed by atoms with van der Waals surface area (Å²) in [5.41, 5.74) is 1.62. The van der Waals surface area contributed by atoms with Gasteiger partial charge in [0.25, 0.3) is 5.91 Å². The van der Waals surface area contributed by atoms with E-state index in [0.29, 0.717) is 12.1 Å². The lowest BCUT2D eigenvalue weighted by atomic mass is 10.1. The standard InChI is InChI=1S/C16H19N3O/c1-11-9-19(10-12(2)18-11)16(20)14-5-3-7-15-13(14)6-4-8-17-15/h3-8,11-12,18H,9-10H2,1-2H3/t11-,12-/m0/s1. The number of hydrogen-bond donors (Lipinski definition) is 1. The van der Waals surface area contributed by atoms with E-state index in [1.807, 2.05) is 35.2 Å². The molecule has 1 N–H and O–H groups in total. The number of nitrogens with zero attached hydrogens (tertiary/aromatic N) is 2. The first-order valence-electron chi connectivity index (χ1n) is 7.04. The Kier molecular flexibility index (Phi) is 3.40. The highest BCUT2D eigenvalue weighted by molar-refractivity contribution is 6.06. The van der Waals surface area contributed by atoms with E-state index in [1.54, 1.807) is 6.20 Å². The number of benzene rings is 1. The van der Waals surface area contributed by atoms with E-state index >= 15 is 0 Å². The van der Waals surface area contributed by atoms with Gasteiger partial charge in [-0.3, -0.25) is 9.78 Å². The molecule has 1 aliphatic heterocycles. The number of nitrogens with one attached hydrogen (secondary N) is 1. The molecule has 0 bridgehead atoms. The van der Waals surface area contributed by atoms with Crippen LogP contribution in [0.15, 0.2) is 36.5 Å². The summed E-state index contributed by atoms with van der Waals surface area (Å²) >= 11 is 0. The van der Waals surface area contributed by atoms with Gasteiger partial charge in [-0.15, -0.1) is 0 Å². The molecule has 0 unspecified atom stereocenters. The van der Waals surface area contributed by atoms with Crippen molar-refractivity contribution in [3.8, 4) is 0 Å². The van der Waals surface area contributed by atoms with E-state index in [4.69, 9.17) is 0 Å². The Hall–Kier alpha value is -1.94. The summed E-state index contributed by atoms with van der Waals surface area (Å²) in [6.45, 7) is 5.72. The fraction of sp³-hybridized carbons (Fsp3) is 0.375. The number of fused-ring (bicyclic) bond motifs is 1. The molecule has 2 heterocycles. The van der Waals surface area contributed by atoms with Crippen LogP contribution in [-0.4, -0.2) is 41.0 Å². The summed E-state index contributed by atoms with van der Waals surface area (Å²) in [5.74, 6) is 0.101. The molecule has 1 aromatic carbocycles. The molecule has 20 heavy (non-hydrogen) atoms. The van der Waals surface area contributed by atoms with Gasteiger partial charge in [0.15, 0.2) is 0 Å². The molecule has 1 aliphatic rings. The quantitative estimate of drug-likeness (QED) is 0.862. The first-order chi connectivity index (χ1) is 9.65. The zero-order valence-electron chi connectivity index (χ0n) is 11.8. The third-order valence-corrected chi connectivity index (χ3v) is 3.72. The molecule has 104 valence electrons. The topological polar surface area (TPSA) is 45.2 Å². The second kappa shape index (κ2) is 5.21. The first-order valence-corrected chi connectivity index (χ1v) is 7.04. The van der Waals surface area contributed by atoms with Crippen LogP contribution in [0, 0.1) is 0 Å². The van der Waals surface area contributed by atoms with Gasteiger partial charge in [0.05, 0.1) is 5.52 Å². The fourth-order valence-electron chi connectivity index (χ4n) is 2.95. The average Bonchev–Trinajstić information content (AvgIpc) is 2.45. The lowest BCUT2D eigenvalue weighted by Crippen LogP contribution is -2.55. The Morgan fingerprint density at radius 1 is 1.20 bits per heavy atom. The van der Waals surface area contributed by atoms with E-state index in [1.165, 1.54) is 0 Å². The summed E-state index contributed by atoms with van der Waals surface area (Å²) < 4.78 is 0. The lowest BCUT2D eigenvalue weighted by Gasteiger charge is -2.36. The van der Waals surface area contributed by atoms with Gasteiger partial charge >= 0.3 is 0 Å². The number of carbonyl (C=O) groups excluding carboxylic acids is 1. The Morgan fingerprint density at radius 2 is 1.95 bits per heavy atom. The smallest absolute Gasteiger partial charge is 0.254 e. The fourth-order valence-corrected chi connectivity index (χ4v) is 2.95. The van der Waals surface area contributed by atoms with Crippen LogP contribution >= 0.6 is 0 Å². The molecule has 0 aliphatic carbocycles. The molecular weight excluding hydrogens is 250 g/mol. The van der Waals surface area contributed by atoms with E-state index < -0.39 is 0 Å². The summed E-state index contributed by atoms with van der Waals surface area (Å²) in [6, 6.07) is 10.2. The minimum absolute atomic E-state index is 0.101. The lowest BCUT2D eigenvalue weighted by molar-refractivity contribution is 0.0676. The number of piperazine rings is 1. The molecule has 4 heteroatoms. The van der Waals surface area contributed by atoms with Crippen LogP contribution in [0.4, 0.5) is 0 Å². The van der Waals surface area contributed by atoms with Crippen LogP contribution in [-0.2, 0) is 0 Å². The summed E-state index contributed by atoms with van der Waals surface area (Å²) in [7, 11) is 0. The second-order valence-corrected chi connectivity index (χ2v) is 5.55. The molecule has 0 radical (unpaired) electrons. The molecule has 1 aromatic heterocycles. The van der Waals surface area contributed by atoms with Crippen molar-refractivity contribution >= 4 is 16.8 Å². The number of pyridine rings is 1. The highest BCUT2D eigenvalue weighted by Crippen LogP contribution is 2.19. The number of aromatic nitrogens is 1. The summed E-state index contributed by atoms with van der Waals surface area (Å²) in [5, 5.41) is 4.38. The van der Waals surface area contributed by atoms with Crippen molar-refractivity contribution in [2.24, 2.45) is 0 Å². The van der Waals surface area contributed by atoms with Gasteiger partial charge in [0.1, 0.15) is 0 Å². The van der Waals surface area contributed by atoms with Crippen molar-refractivity contribution in [3.05, 3.63) is 42.1 Å². The summed E-state index contributed by atoms with van der Waals surface area (Å²) in [4.78, 5) is 19.0.